The van der Waals surface area contributed by atoms with Gasteiger partial charge in [0.2, 0.25) is 5.91 Å². The maximum absolute atomic E-state index is 13.3. The number of amides is 2. The summed E-state index contributed by atoms with van der Waals surface area (Å²) in [5.41, 5.74) is 9.76. The van der Waals surface area contributed by atoms with Gasteiger partial charge in [-0.2, -0.15) is 0 Å². The number of rotatable bonds is 6. The topological polar surface area (TPSA) is 94.1 Å². The van der Waals surface area contributed by atoms with Gasteiger partial charge in [0.1, 0.15) is 12.7 Å². The predicted molar refractivity (Wildman–Crippen MR) is 129 cm³/mol. The highest BCUT2D eigenvalue weighted by molar-refractivity contribution is 5.96. The van der Waals surface area contributed by atoms with E-state index in [-0.39, 0.29) is 11.8 Å². The second-order valence-corrected chi connectivity index (χ2v) is 8.78. The third-order valence-corrected chi connectivity index (χ3v) is 6.58. The van der Waals surface area contributed by atoms with Gasteiger partial charge < -0.3 is 10.6 Å². The van der Waals surface area contributed by atoms with Crippen LogP contribution in [0, 0.1) is 5.41 Å². The van der Waals surface area contributed by atoms with Gasteiger partial charge in [-0.15, -0.1) is 10.2 Å². The molecule has 1 fully saturated rings. The van der Waals surface area contributed by atoms with Crippen LogP contribution in [0.15, 0.2) is 91.5 Å². The van der Waals surface area contributed by atoms with Gasteiger partial charge >= 0.3 is 0 Å². The highest BCUT2D eigenvalue weighted by Crippen LogP contribution is 2.35. The van der Waals surface area contributed by atoms with Crippen molar-refractivity contribution in [3.05, 3.63) is 103 Å². The molecule has 1 aliphatic heterocycles. The van der Waals surface area contributed by atoms with Gasteiger partial charge in [-0.25, -0.2) is 0 Å². The predicted octanol–water partition coefficient (Wildman–Crippen LogP) is 3.49. The van der Waals surface area contributed by atoms with E-state index in [0.29, 0.717) is 31.5 Å². The molecule has 7 nitrogen and oxygen atoms in total. The minimum atomic E-state index is -0.782. The molecule has 2 N–H and O–H groups in total. The monoisotopic (exact) mass is 451 g/mol. The minimum absolute atomic E-state index is 0.113. The summed E-state index contributed by atoms with van der Waals surface area (Å²) in [7, 11) is 0. The van der Waals surface area contributed by atoms with Crippen molar-refractivity contribution in [3.63, 3.8) is 0 Å². The van der Waals surface area contributed by atoms with E-state index in [2.05, 4.69) is 34.5 Å². The summed E-state index contributed by atoms with van der Waals surface area (Å²) in [5.74, 6) is -0.481. The number of primary amides is 1. The first-order valence-corrected chi connectivity index (χ1v) is 11.2. The number of hydrogen-bond donors (Lipinski definition) is 1. The Labute approximate surface area is 197 Å². The molecule has 2 heterocycles. The Balaban J connectivity index is 1.33. The van der Waals surface area contributed by atoms with Crippen molar-refractivity contribution in [2.75, 3.05) is 13.1 Å². The lowest BCUT2D eigenvalue weighted by Gasteiger charge is -2.26. The summed E-state index contributed by atoms with van der Waals surface area (Å²) in [6.07, 6.45) is 4.21. The molecule has 0 saturated carbocycles. The van der Waals surface area contributed by atoms with Gasteiger partial charge in [-0.05, 0) is 47.7 Å². The first-order chi connectivity index (χ1) is 16.5. The summed E-state index contributed by atoms with van der Waals surface area (Å²) in [6, 6.07) is 25.7. The van der Waals surface area contributed by atoms with Crippen molar-refractivity contribution in [1.82, 2.24) is 19.7 Å². The number of likely N-dealkylation sites (tertiary alicyclic amines) is 1. The van der Waals surface area contributed by atoms with Crippen LogP contribution >= 0.6 is 0 Å². The molecule has 0 bridgehead atoms. The fourth-order valence-corrected chi connectivity index (χ4v) is 4.63. The van der Waals surface area contributed by atoms with Crippen LogP contribution in [0.3, 0.4) is 0 Å². The Morgan fingerprint density at radius 1 is 0.882 bits per heavy atom. The zero-order valence-corrected chi connectivity index (χ0v) is 18.7. The lowest BCUT2D eigenvalue weighted by atomic mass is 9.80. The van der Waals surface area contributed by atoms with Gasteiger partial charge in [-0.1, -0.05) is 60.7 Å². The van der Waals surface area contributed by atoms with Gasteiger partial charge in [0.05, 0.1) is 5.41 Å². The molecule has 2 amide bonds. The van der Waals surface area contributed by atoms with E-state index in [1.165, 1.54) is 0 Å². The maximum atomic E-state index is 13.3. The van der Waals surface area contributed by atoms with E-state index in [9.17, 15) is 9.59 Å². The van der Waals surface area contributed by atoms with Crippen LogP contribution < -0.4 is 5.73 Å². The molecule has 3 aromatic carbocycles. The lowest BCUT2D eigenvalue weighted by molar-refractivity contribution is -0.126. The fourth-order valence-electron chi connectivity index (χ4n) is 4.63. The number of benzene rings is 3. The Hall–Kier alpha value is -4.26. The minimum Gasteiger partial charge on any atom is -0.369 e. The Morgan fingerprint density at radius 2 is 1.59 bits per heavy atom. The lowest BCUT2D eigenvalue weighted by Crippen LogP contribution is -2.42. The number of nitrogens with zero attached hydrogens (tertiary/aromatic N) is 4. The standard InChI is InChI=1S/C27H25N5O2/c28-26(34)27(16-20-9-11-22(12-10-20)21-5-2-1-3-6-21)13-14-31(17-27)25(33)23-7-4-8-24(15-23)32-18-29-30-19-32/h1-12,15,18-19H,13-14,16-17H2,(H2,28,34)/t27-/m0/s1. The van der Waals surface area contributed by atoms with Crippen molar-refractivity contribution in [3.8, 4) is 16.8 Å². The molecule has 1 atom stereocenters. The molecule has 1 saturated heterocycles. The molecule has 0 aliphatic carbocycles. The van der Waals surface area contributed by atoms with Crippen LogP contribution in [0.25, 0.3) is 16.8 Å². The Kier molecular flexibility index (Phi) is 5.67. The molecule has 0 unspecified atom stereocenters. The summed E-state index contributed by atoms with van der Waals surface area (Å²) < 4.78 is 1.74. The summed E-state index contributed by atoms with van der Waals surface area (Å²) in [5, 5.41) is 7.64. The smallest absolute Gasteiger partial charge is 0.253 e. The third-order valence-electron chi connectivity index (χ3n) is 6.58. The molecule has 5 rings (SSSR count). The van der Waals surface area contributed by atoms with Crippen molar-refractivity contribution in [2.24, 2.45) is 11.1 Å². The van der Waals surface area contributed by atoms with E-state index in [0.717, 1.165) is 22.4 Å². The second-order valence-electron chi connectivity index (χ2n) is 8.78. The molecule has 0 spiro atoms. The van der Waals surface area contributed by atoms with Crippen LogP contribution in [0.4, 0.5) is 0 Å². The molecule has 1 aliphatic rings. The van der Waals surface area contributed by atoms with E-state index in [1.54, 1.807) is 34.3 Å². The zero-order valence-electron chi connectivity index (χ0n) is 18.7. The van der Waals surface area contributed by atoms with Gasteiger partial charge in [0.15, 0.2) is 0 Å². The molecule has 1 aromatic heterocycles. The fraction of sp³-hybridized carbons (Fsp3) is 0.185. The molecule has 34 heavy (non-hydrogen) atoms. The Morgan fingerprint density at radius 3 is 2.29 bits per heavy atom. The first kappa shape index (κ1) is 21.6. The normalized spacial score (nSPS) is 17.6. The molecule has 7 heteroatoms. The van der Waals surface area contributed by atoms with E-state index in [4.69, 9.17) is 5.73 Å². The molecular weight excluding hydrogens is 426 g/mol. The van der Waals surface area contributed by atoms with E-state index in [1.807, 2.05) is 42.5 Å². The number of carbonyl (C=O) groups is 2. The molecule has 0 radical (unpaired) electrons. The SMILES string of the molecule is NC(=O)[C@]1(Cc2ccc(-c3ccccc3)cc2)CCN(C(=O)c2cccc(-n3cnnc3)c2)C1. The molecule has 4 aromatic rings. The first-order valence-electron chi connectivity index (χ1n) is 11.2. The zero-order chi connectivity index (χ0) is 23.5. The van der Waals surface area contributed by atoms with Gasteiger partial charge in [0, 0.05) is 24.3 Å². The van der Waals surface area contributed by atoms with Gasteiger partial charge in [0.25, 0.3) is 5.91 Å². The van der Waals surface area contributed by atoms with Crippen molar-refractivity contribution < 1.29 is 9.59 Å². The number of carbonyl (C=O) groups excluding carboxylic acids is 2. The van der Waals surface area contributed by atoms with E-state index < -0.39 is 5.41 Å². The average Bonchev–Trinajstić information content (AvgIpc) is 3.56. The van der Waals surface area contributed by atoms with Crippen LogP contribution in [0.5, 0.6) is 0 Å². The van der Waals surface area contributed by atoms with Crippen LogP contribution in [0.2, 0.25) is 0 Å². The molecular formula is C27H25N5O2. The molecule has 170 valence electrons. The average molecular weight is 452 g/mol. The number of nitrogens with two attached hydrogens (primary N) is 1. The van der Waals surface area contributed by atoms with Crippen molar-refractivity contribution in [2.45, 2.75) is 12.8 Å². The highest BCUT2D eigenvalue weighted by atomic mass is 16.2. The highest BCUT2D eigenvalue weighted by Gasteiger charge is 2.44. The summed E-state index contributed by atoms with van der Waals surface area (Å²) in [6.45, 7) is 0.791. The quantitative estimate of drug-likeness (QED) is 0.486. The summed E-state index contributed by atoms with van der Waals surface area (Å²) >= 11 is 0. The third kappa shape index (κ3) is 4.20. The largest absolute Gasteiger partial charge is 0.369 e. The van der Waals surface area contributed by atoms with Gasteiger partial charge in [-0.3, -0.25) is 14.2 Å². The Bertz CT molecular complexity index is 1300. The van der Waals surface area contributed by atoms with Crippen molar-refractivity contribution in [1.29, 1.82) is 0 Å². The van der Waals surface area contributed by atoms with E-state index >= 15 is 0 Å². The maximum Gasteiger partial charge on any atom is 0.253 e. The summed E-state index contributed by atoms with van der Waals surface area (Å²) in [4.78, 5) is 27.6. The number of aromatic nitrogens is 3. The van der Waals surface area contributed by atoms with Crippen LogP contribution in [0.1, 0.15) is 22.3 Å². The van der Waals surface area contributed by atoms with Crippen LogP contribution in [-0.2, 0) is 11.2 Å². The second kappa shape index (κ2) is 8.94. The van der Waals surface area contributed by atoms with Crippen LogP contribution in [-0.4, -0.2) is 44.6 Å². The number of hydrogen-bond acceptors (Lipinski definition) is 4. The van der Waals surface area contributed by atoms with Crippen molar-refractivity contribution >= 4 is 11.8 Å².